The number of anilines is 2. The second kappa shape index (κ2) is 9.11. The van der Waals surface area contributed by atoms with E-state index in [-0.39, 0.29) is 18.1 Å². The molecule has 0 aliphatic carbocycles. The van der Waals surface area contributed by atoms with Crippen LogP contribution in [0.15, 0.2) is 72.1 Å². The number of nitrogens with one attached hydrogen (secondary N) is 1. The lowest BCUT2D eigenvalue weighted by Crippen LogP contribution is -1.97. The summed E-state index contributed by atoms with van der Waals surface area (Å²) in [6, 6.07) is 17.6. The second-order valence-electron chi connectivity index (χ2n) is 6.53. The first-order valence-electron chi connectivity index (χ1n) is 9.12. The summed E-state index contributed by atoms with van der Waals surface area (Å²) in [7, 11) is 0. The third kappa shape index (κ3) is 5.17. The minimum Gasteiger partial charge on any atom is -0.487 e. The summed E-state index contributed by atoms with van der Waals surface area (Å²) in [5.74, 6) is 0.221. The van der Waals surface area contributed by atoms with Crippen molar-refractivity contribution in [3.05, 3.63) is 98.6 Å². The van der Waals surface area contributed by atoms with Crippen molar-refractivity contribution in [3.63, 3.8) is 0 Å². The Balaban J connectivity index is 1.41. The monoisotopic (exact) mass is 455 g/mol. The third-order valence-electron chi connectivity index (χ3n) is 4.37. The van der Waals surface area contributed by atoms with Gasteiger partial charge in [-0.3, -0.25) is 10.1 Å². The van der Waals surface area contributed by atoms with Crippen LogP contribution in [0, 0.1) is 15.9 Å². The zero-order chi connectivity index (χ0) is 21.8. The average Bonchev–Trinajstić information content (AvgIpc) is 3.23. The highest BCUT2D eigenvalue weighted by molar-refractivity contribution is 7.14. The van der Waals surface area contributed by atoms with Crippen LogP contribution in [0.5, 0.6) is 5.75 Å². The van der Waals surface area contributed by atoms with E-state index in [1.54, 1.807) is 36.4 Å². The molecule has 1 N–H and O–H groups in total. The Bertz CT molecular complexity index is 1210. The molecular formula is C22H15ClFN3O3S. The predicted molar refractivity (Wildman–Crippen MR) is 120 cm³/mol. The van der Waals surface area contributed by atoms with Gasteiger partial charge in [-0.1, -0.05) is 23.7 Å². The molecule has 0 spiro atoms. The quantitative estimate of drug-likeness (QED) is 0.244. The minimum absolute atomic E-state index is 0.0358. The molecule has 0 aliphatic rings. The molecule has 1 aromatic heterocycles. The number of nitro benzene ring substituents is 1. The minimum atomic E-state index is -0.436. The molecule has 6 nitrogen and oxygen atoms in total. The fraction of sp³-hybridized carbons (Fsp3) is 0.0455. The molecule has 156 valence electrons. The molecule has 0 saturated heterocycles. The van der Waals surface area contributed by atoms with E-state index >= 15 is 0 Å². The summed E-state index contributed by atoms with van der Waals surface area (Å²) >= 11 is 7.74. The SMILES string of the molecule is O=[N+]([O-])c1ccc(-c2csc(Nc3ccc(OCc4ccc(F)cc4)c(Cl)c3)n2)cc1. The smallest absolute Gasteiger partial charge is 0.269 e. The van der Waals surface area contributed by atoms with Crippen molar-refractivity contribution in [1.82, 2.24) is 4.98 Å². The molecule has 0 aliphatic heterocycles. The van der Waals surface area contributed by atoms with Crippen LogP contribution in [-0.2, 0) is 6.61 Å². The van der Waals surface area contributed by atoms with Crippen molar-refractivity contribution in [2.24, 2.45) is 0 Å². The molecule has 0 bridgehead atoms. The number of nitro groups is 1. The average molecular weight is 456 g/mol. The van der Waals surface area contributed by atoms with Crippen molar-refractivity contribution >= 4 is 39.4 Å². The molecule has 9 heteroatoms. The first-order valence-corrected chi connectivity index (χ1v) is 10.4. The van der Waals surface area contributed by atoms with Gasteiger partial charge in [0.15, 0.2) is 5.13 Å². The zero-order valence-corrected chi connectivity index (χ0v) is 17.5. The van der Waals surface area contributed by atoms with Crippen molar-refractivity contribution in [2.75, 3.05) is 5.32 Å². The molecule has 0 fully saturated rings. The highest BCUT2D eigenvalue weighted by Crippen LogP contribution is 2.32. The largest absolute Gasteiger partial charge is 0.487 e. The van der Waals surface area contributed by atoms with Crippen LogP contribution in [0.3, 0.4) is 0 Å². The topological polar surface area (TPSA) is 77.3 Å². The third-order valence-corrected chi connectivity index (χ3v) is 5.42. The molecule has 1 heterocycles. The van der Waals surface area contributed by atoms with Crippen molar-refractivity contribution in [1.29, 1.82) is 0 Å². The lowest BCUT2D eigenvalue weighted by atomic mass is 10.1. The number of benzene rings is 3. The van der Waals surface area contributed by atoms with Gasteiger partial charge in [-0.25, -0.2) is 9.37 Å². The van der Waals surface area contributed by atoms with Gasteiger partial charge in [0, 0.05) is 28.8 Å². The van der Waals surface area contributed by atoms with E-state index in [9.17, 15) is 14.5 Å². The molecule has 4 rings (SSSR count). The normalized spacial score (nSPS) is 10.6. The second-order valence-corrected chi connectivity index (χ2v) is 7.79. The molecule has 0 radical (unpaired) electrons. The number of thiazole rings is 1. The molecule has 0 atom stereocenters. The Kier molecular flexibility index (Phi) is 6.11. The summed E-state index contributed by atoms with van der Waals surface area (Å²) in [5, 5.41) is 16.9. The number of hydrogen-bond donors (Lipinski definition) is 1. The van der Waals surface area contributed by atoms with Gasteiger partial charge in [-0.2, -0.15) is 0 Å². The van der Waals surface area contributed by atoms with E-state index in [4.69, 9.17) is 16.3 Å². The number of hydrogen-bond acceptors (Lipinski definition) is 6. The van der Waals surface area contributed by atoms with Crippen LogP contribution in [0.4, 0.5) is 20.9 Å². The molecule has 0 amide bonds. The van der Waals surface area contributed by atoms with Crippen LogP contribution in [0.25, 0.3) is 11.3 Å². The van der Waals surface area contributed by atoms with Crippen molar-refractivity contribution < 1.29 is 14.1 Å². The van der Waals surface area contributed by atoms with E-state index in [0.29, 0.717) is 21.6 Å². The van der Waals surface area contributed by atoms with Gasteiger partial charge in [0.2, 0.25) is 0 Å². The number of halogens is 2. The van der Waals surface area contributed by atoms with Gasteiger partial charge in [0.25, 0.3) is 5.69 Å². The number of nitrogens with zero attached hydrogens (tertiary/aromatic N) is 2. The number of aromatic nitrogens is 1. The summed E-state index contributed by atoms with van der Waals surface area (Å²) in [6.45, 7) is 0.276. The van der Waals surface area contributed by atoms with E-state index < -0.39 is 4.92 Å². The Morgan fingerprint density at radius 1 is 1.10 bits per heavy atom. The summed E-state index contributed by atoms with van der Waals surface area (Å²) < 4.78 is 18.7. The summed E-state index contributed by atoms with van der Waals surface area (Å²) in [6.07, 6.45) is 0. The highest BCUT2D eigenvalue weighted by atomic mass is 35.5. The highest BCUT2D eigenvalue weighted by Gasteiger charge is 2.10. The maximum absolute atomic E-state index is 13.0. The molecule has 3 aromatic carbocycles. The number of ether oxygens (including phenoxy) is 1. The molecule has 31 heavy (non-hydrogen) atoms. The van der Waals surface area contributed by atoms with Gasteiger partial charge in [-0.05, 0) is 48.0 Å². The Labute approximate surface area is 186 Å². The fourth-order valence-electron chi connectivity index (χ4n) is 2.78. The summed E-state index contributed by atoms with van der Waals surface area (Å²) in [5.41, 5.74) is 3.11. The van der Waals surface area contributed by atoms with E-state index in [1.165, 1.54) is 35.6 Å². The molecule has 0 unspecified atom stereocenters. The summed E-state index contributed by atoms with van der Waals surface area (Å²) in [4.78, 5) is 14.9. The van der Waals surface area contributed by atoms with E-state index in [1.807, 2.05) is 11.4 Å². The predicted octanol–water partition coefficient (Wildman–Crippen LogP) is 6.83. The van der Waals surface area contributed by atoms with Gasteiger partial charge in [0.05, 0.1) is 15.6 Å². The molecular weight excluding hydrogens is 441 g/mol. The van der Waals surface area contributed by atoms with Crippen LogP contribution < -0.4 is 10.1 Å². The van der Waals surface area contributed by atoms with Gasteiger partial charge in [0.1, 0.15) is 18.2 Å². The van der Waals surface area contributed by atoms with Gasteiger partial charge < -0.3 is 10.1 Å². The molecule has 4 aromatic rings. The Morgan fingerprint density at radius 2 is 1.84 bits per heavy atom. The van der Waals surface area contributed by atoms with Crippen LogP contribution in [0.2, 0.25) is 5.02 Å². The van der Waals surface area contributed by atoms with E-state index in [2.05, 4.69) is 10.3 Å². The maximum atomic E-state index is 13.0. The van der Waals surface area contributed by atoms with Crippen LogP contribution in [0.1, 0.15) is 5.56 Å². The Morgan fingerprint density at radius 3 is 2.52 bits per heavy atom. The zero-order valence-electron chi connectivity index (χ0n) is 15.9. The van der Waals surface area contributed by atoms with Gasteiger partial charge >= 0.3 is 0 Å². The van der Waals surface area contributed by atoms with Crippen molar-refractivity contribution in [3.8, 4) is 17.0 Å². The Hall–Kier alpha value is -3.49. The number of rotatable bonds is 7. The van der Waals surface area contributed by atoms with Crippen LogP contribution >= 0.6 is 22.9 Å². The lowest BCUT2D eigenvalue weighted by molar-refractivity contribution is -0.384. The maximum Gasteiger partial charge on any atom is 0.269 e. The first-order chi connectivity index (χ1) is 15.0. The first kappa shape index (κ1) is 20.8. The van der Waals surface area contributed by atoms with Crippen molar-refractivity contribution in [2.45, 2.75) is 6.61 Å². The lowest BCUT2D eigenvalue weighted by Gasteiger charge is -2.10. The number of non-ortho nitro benzene ring substituents is 1. The molecule has 0 saturated carbocycles. The van der Waals surface area contributed by atoms with Crippen LogP contribution in [-0.4, -0.2) is 9.91 Å². The standard InChI is InChI=1S/C22H15ClFN3O3S/c23-19-11-17(7-10-21(19)30-12-14-1-5-16(24)6-2-14)25-22-26-20(13-31-22)15-3-8-18(9-4-15)27(28)29/h1-11,13H,12H2,(H,25,26). The fourth-order valence-corrected chi connectivity index (χ4v) is 3.75. The van der Waals surface area contributed by atoms with Gasteiger partial charge in [-0.15, -0.1) is 11.3 Å². The van der Waals surface area contributed by atoms with E-state index in [0.717, 1.165) is 16.8 Å².